The van der Waals surface area contributed by atoms with Crippen LogP contribution in [0.4, 0.5) is 0 Å². The molecule has 10 aromatic rings. The molecular formula is C74H66O17. The molecule has 10 N–H and O–H groups in total. The first kappa shape index (κ1) is 61.5. The lowest BCUT2D eigenvalue weighted by molar-refractivity contribution is 0.0196. The lowest BCUT2D eigenvalue weighted by atomic mass is 9.94. The molecule has 0 fully saturated rings. The smallest absolute Gasteiger partial charge is 0.181 e. The molecule has 0 radical (unpaired) electrons. The van der Waals surface area contributed by atoms with Gasteiger partial charge in [-0.2, -0.15) is 0 Å². The first-order valence-corrected chi connectivity index (χ1v) is 29.3. The van der Waals surface area contributed by atoms with Crippen LogP contribution >= 0.6 is 0 Å². The van der Waals surface area contributed by atoms with Crippen LogP contribution in [0.3, 0.4) is 0 Å². The van der Waals surface area contributed by atoms with E-state index in [1.807, 2.05) is 134 Å². The molecule has 0 spiro atoms. The summed E-state index contributed by atoms with van der Waals surface area (Å²) in [5.74, 6) is 2.26. The van der Waals surface area contributed by atoms with E-state index in [1.165, 1.54) is 60.7 Å². The van der Waals surface area contributed by atoms with Gasteiger partial charge in [-0.25, -0.2) is 0 Å². The van der Waals surface area contributed by atoms with E-state index in [1.54, 1.807) is 0 Å². The molecule has 0 aliphatic carbocycles. The Hall–Kier alpha value is -11.1. The van der Waals surface area contributed by atoms with Crippen molar-refractivity contribution in [3.8, 4) is 80.5 Å². The quantitative estimate of drug-likeness (QED) is 0.0428. The lowest BCUT2D eigenvalue weighted by Crippen LogP contribution is -2.30. The van der Waals surface area contributed by atoms with Gasteiger partial charge in [0.05, 0.1) is 17.8 Å². The highest BCUT2D eigenvalue weighted by Gasteiger charge is 2.35. The van der Waals surface area contributed by atoms with Crippen molar-refractivity contribution < 1.29 is 84.2 Å². The van der Waals surface area contributed by atoms with Gasteiger partial charge in [-0.15, -0.1) is 0 Å². The van der Waals surface area contributed by atoms with Crippen molar-refractivity contribution in [1.29, 1.82) is 0 Å². The van der Waals surface area contributed by atoms with E-state index in [-0.39, 0.29) is 70.3 Å². The molecule has 464 valence electrons. The highest BCUT2D eigenvalue weighted by molar-refractivity contribution is 5.70. The van der Waals surface area contributed by atoms with Crippen molar-refractivity contribution in [3.63, 3.8) is 0 Å². The number of fused-ring (bicyclic) bond motifs is 3. The normalized spacial score (nSPS) is 16.7. The average Bonchev–Trinajstić information content (AvgIpc) is 1.24. The number of hydrogen-bond donors (Lipinski definition) is 10. The third-order valence-corrected chi connectivity index (χ3v) is 15.3. The summed E-state index contributed by atoms with van der Waals surface area (Å²) in [7, 11) is 0. The molecule has 5 unspecified atom stereocenters. The van der Waals surface area contributed by atoms with Crippen LogP contribution in [-0.4, -0.2) is 63.3 Å². The molecule has 3 aliphatic rings. The zero-order valence-electron chi connectivity index (χ0n) is 49.2. The van der Waals surface area contributed by atoms with E-state index >= 15 is 0 Å². The summed E-state index contributed by atoms with van der Waals surface area (Å²) in [5, 5.41) is 96.6. The summed E-state index contributed by atoms with van der Waals surface area (Å²) in [4.78, 5) is 0. The number of aromatic hydroxyl groups is 8. The van der Waals surface area contributed by atoms with E-state index in [2.05, 4.69) is 30.3 Å². The van der Waals surface area contributed by atoms with Crippen LogP contribution in [-0.2, 0) is 44.0 Å². The molecule has 10 aromatic carbocycles. The molecule has 0 amide bonds. The Morgan fingerprint density at radius 3 is 1.23 bits per heavy atom. The number of hydrogen-bond acceptors (Lipinski definition) is 17. The Balaban J connectivity index is 0.000000166. The Kier molecular flexibility index (Phi) is 18.9. The topological polar surface area (TPSA) is 267 Å². The van der Waals surface area contributed by atoms with E-state index in [0.29, 0.717) is 65.9 Å². The van der Waals surface area contributed by atoms with Crippen molar-refractivity contribution in [2.45, 2.75) is 76.7 Å². The molecule has 0 bridgehead atoms. The van der Waals surface area contributed by atoms with Gasteiger partial charge in [0.1, 0.15) is 90.4 Å². The Labute approximate surface area is 524 Å². The van der Waals surface area contributed by atoms with Gasteiger partial charge in [-0.1, -0.05) is 140 Å². The van der Waals surface area contributed by atoms with E-state index in [9.17, 15) is 51.1 Å². The van der Waals surface area contributed by atoms with Crippen LogP contribution < -0.4 is 28.4 Å². The fraction of sp³-hybridized carbons (Fsp3) is 0.162. The number of ether oxygens (including phenoxy) is 7. The van der Waals surface area contributed by atoms with Gasteiger partial charge < -0.3 is 84.2 Å². The SMILES string of the molecule is Cc1cc(OCc2ccccc2)c2c(c1)OC(c1ccc(OCc3ccccc3)c(OCc3ccccc3)c1)C(OCc1ccccc1)=C2.Oc1cc(O)c2c(c1)OC(c1ccc(O)c(O)c1)C(O)C2.Oc1cc(O)c2c(c1)OC(c1ccc(O)c(O)c1)C(O)C2. The fourth-order valence-electron chi connectivity index (χ4n) is 10.6. The monoisotopic (exact) mass is 1230 g/mol. The molecule has 13 rings (SSSR count). The highest BCUT2D eigenvalue weighted by atomic mass is 16.5. The summed E-state index contributed by atoms with van der Waals surface area (Å²) in [6.45, 7) is 3.71. The second-order valence-electron chi connectivity index (χ2n) is 22.0. The zero-order valence-corrected chi connectivity index (χ0v) is 49.2. The maximum absolute atomic E-state index is 10.2. The number of benzene rings is 10. The van der Waals surface area contributed by atoms with Gasteiger partial charge >= 0.3 is 0 Å². The van der Waals surface area contributed by atoms with Crippen LogP contribution in [0, 0.1) is 6.92 Å². The number of aliphatic hydroxyl groups excluding tert-OH is 2. The van der Waals surface area contributed by atoms with Crippen molar-refractivity contribution in [2.75, 3.05) is 0 Å². The number of rotatable bonds is 15. The van der Waals surface area contributed by atoms with Crippen LogP contribution in [0.25, 0.3) is 6.08 Å². The van der Waals surface area contributed by atoms with E-state index < -0.39 is 30.5 Å². The third-order valence-electron chi connectivity index (χ3n) is 15.3. The van der Waals surface area contributed by atoms with Crippen molar-refractivity contribution in [2.24, 2.45) is 0 Å². The molecule has 0 aromatic heterocycles. The fourth-order valence-corrected chi connectivity index (χ4v) is 10.6. The lowest BCUT2D eigenvalue weighted by Gasteiger charge is -2.31. The minimum absolute atomic E-state index is 0.143. The molecule has 3 aliphatic heterocycles. The molecule has 3 heterocycles. The molecule has 0 saturated heterocycles. The van der Waals surface area contributed by atoms with Crippen molar-refractivity contribution in [3.05, 3.63) is 279 Å². The van der Waals surface area contributed by atoms with Crippen LogP contribution in [0.1, 0.15) is 79.5 Å². The van der Waals surface area contributed by atoms with E-state index in [0.717, 1.165) is 50.4 Å². The number of phenolic OH excluding ortho intramolecular Hbond substituents is 8. The molecule has 17 heteroatoms. The summed E-state index contributed by atoms with van der Waals surface area (Å²) >= 11 is 0. The standard InChI is InChI=1S/C44H38O5.2C15H14O6/c1-32-24-40(46-29-34-16-8-3-9-17-34)38-27-43(48-31-36-20-12-5-13-21-36)44(49-41(38)25-32)37-22-23-39(45-28-33-14-6-2-7-15-33)42(26-37)47-30-35-18-10-4-11-19-35;2*16-8-4-11(18)9-6-13(20)15(21-14(9)5-8)7-1-2-10(17)12(19)3-7/h2-27,44H,28-31H2,1H3;2*1-5,13,15-20H,6H2. The average molecular weight is 1230 g/mol. The summed E-state index contributed by atoms with van der Waals surface area (Å²) in [6.07, 6.45) is -1.59. The number of aryl methyl sites for hydroxylation is 1. The van der Waals surface area contributed by atoms with Crippen LogP contribution in [0.5, 0.6) is 80.5 Å². The van der Waals surface area contributed by atoms with E-state index in [4.69, 9.17) is 33.2 Å². The van der Waals surface area contributed by atoms with Gasteiger partial charge in [0.2, 0.25) is 0 Å². The summed E-state index contributed by atoms with van der Waals surface area (Å²) in [5.41, 5.74) is 8.86. The van der Waals surface area contributed by atoms with Crippen molar-refractivity contribution in [1.82, 2.24) is 0 Å². The second-order valence-corrected chi connectivity index (χ2v) is 22.0. The van der Waals surface area contributed by atoms with Gasteiger partial charge in [0.15, 0.2) is 40.6 Å². The molecule has 91 heavy (non-hydrogen) atoms. The third kappa shape index (κ3) is 15.1. The minimum Gasteiger partial charge on any atom is -0.508 e. The predicted molar refractivity (Wildman–Crippen MR) is 338 cm³/mol. The Morgan fingerprint density at radius 1 is 0.363 bits per heavy atom. The first-order chi connectivity index (χ1) is 44.1. The van der Waals surface area contributed by atoms with Crippen molar-refractivity contribution >= 4 is 6.08 Å². The molecule has 17 nitrogen and oxygen atoms in total. The zero-order chi connectivity index (χ0) is 63.5. The molecular weight excluding hydrogens is 1160 g/mol. The number of phenols is 8. The van der Waals surface area contributed by atoms with Crippen LogP contribution in [0.2, 0.25) is 0 Å². The number of aliphatic hydroxyl groups is 2. The van der Waals surface area contributed by atoms with Gasteiger partial charge in [0, 0.05) is 53.8 Å². The predicted octanol–water partition coefficient (Wildman–Crippen LogP) is 13.5. The van der Waals surface area contributed by atoms with Gasteiger partial charge in [-0.3, -0.25) is 0 Å². The maximum Gasteiger partial charge on any atom is 0.181 e. The van der Waals surface area contributed by atoms with Crippen LogP contribution in [0.15, 0.2) is 218 Å². The summed E-state index contributed by atoms with van der Waals surface area (Å²) < 4.78 is 43.7. The highest BCUT2D eigenvalue weighted by Crippen LogP contribution is 2.47. The van der Waals surface area contributed by atoms with Gasteiger partial charge in [-0.05, 0) is 100 Å². The summed E-state index contributed by atoms with van der Waals surface area (Å²) in [6, 6.07) is 63.9. The maximum atomic E-state index is 10.2. The largest absolute Gasteiger partial charge is 0.508 e. The molecule has 5 atom stereocenters. The minimum atomic E-state index is -0.933. The second kappa shape index (κ2) is 27.9. The van der Waals surface area contributed by atoms with Gasteiger partial charge in [0.25, 0.3) is 0 Å². The first-order valence-electron chi connectivity index (χ1n) is 29.3. The Bertz CT molecular complexity index is 4040. The molecule has 0 saturated carbocycles. The Morgan fingerprint density at radius 2 is 0.780 bits per heavy atom.